The average Bonchev–Trinajstić information content (AvgIpc) is 2.30. The molecular weight excluding hydrogens is 277 g/mol. The van der Waals surface area contributed by atoms with E-state index in [2.05, 4.69) is 20.6 Å². The smallest absolute Gasteiger partial charge is 0.369 e. The van der Waals surface area contributed by atoms with Gasteiger partial charge in [0.1, 0.15) is 5.82 Å². The maximum absolute atomic E-state index is 11.9. The molecule has 0 aromatic carbocycles. The van der Waals surface area contributed by atoms with Gasteiger partial charge in [-0.25, -0.2) is 4.98 Å². The molecule has 1 heterocycles. The molecule has 1 aromatic rings. The second-order valence-electron chi connectivity index (χ2n) is 3.87. The van der Waals surface area contributed by atoms with Gasteiger partial charge in [-0.15, -0.1) is 0 Å². The molecule has 0 aliphatic carbocycles. The minimum atomic E-state index is -4.18. The lowest BCUT2D eigenvalue weighted by Gasteiger charge is -2.10. The number of nitrogens with zero attached hydrogens (tertiary/aromatic N) is 2. The lowest BCUT2D eigenvalue weighted by atomic mass is 10.4. The number of aryl methyl sites for hydroxylation is 1. The van der Waals surface area contributed by atoms with Crippen LogP contribution in [0, 0.1) is 6.92 Å². The summed E-state index contributed by atoms with van der Waals surface area (Å²) in [6, 6.07) is 1.70. The van der Waals surface area contributed by atoms with Gasteiger partial charge in [0.25, 0.3) is 0 Å². The van der Waals surface area contributed by atoms with E-state index >= 15 is 0 Å². The summed E-state index contributed by atoms with van der Waals surface area (Å²) in [7, 11) is 0. The third kappa shape index (κ3) is 7.09. The van der Waals surface area contributed by atoms with E-state index in [-0.39, 0.29) is 24.1 Å². The number of anilines is 2. The van der Waals surface area contributed by atoms with Crippen molar-refractivity contribution in [1.82, 2.24) is 9.97 Å². The van der Waals surface area contributed by atoms with E-state index in [1.165, 1.54) is 0 Å². The lowest BCUT2D eigenvalue weighted by molar-refractivity contribution is -0.0327. The molecule has 0 atom stereocenters. The van der Waals surface area contributed by atoms with Crippen LogP contribution in [0.15, 0.2) is 6.07 Å². The van der Waals surface area contributed by atoms with Crippen LogP contribution in [0.3, 0.4) is 0 Å². The highest BCUT2D eigenvalue weighted by Gasteiger charge is 2.27. The van der Waals surface area contributed by atoms with Gasteiger partial charge in [0.15, 0.2) is 0 Å². The fourth-order valence-electron chi connectivity index (χ4n) is 1.32. The van der Waals surface area contributed by atoms with Crippen molar-refractivity contribution in [2.75, 3.05) is 29.5 Å². The van der Waals surface area contributed by atoms with Gasteiger partial charge in [0, 0.05) is 30.6 Å². The molecule has 2 N–H and O–H groups in total. The molecule has 0 spiro atoms. The van der Waals surface area contributed by atoms with Crippen LogP contribution in [0.25, 0.3) is 0 Å². The molecule has 19 heavy (non-hydrogen) atoms. The number of nitrogens with one attached hydrogen (secondary N) is 2. The fraction of sp³-hybridized carbons (Fsp3) is 0.636. The van der Waals surface area contributed by atoms with Crippen LogP contribution in [0.1, 0.15) is 19.0 Å². The zero-order valence-electron chi connectivity index (χ0n) is 10.8. The number of hydrogen-bond donors (Lipinski definition) is 2. The van der Waals surface area contributed by atoms with E-state index in [9.17, 15) is 13.2 Å². The molecule has 8 heteroatoms. The molecule has 1 aromatic heterocycles. The normalized spacial score (nSPS) is 11.4. The fourth-order valence-corrected chi connectivity index (χ4v) is 1.76. The first-order valence-corrected chi connectivity index (χ1v) is 6.93. The van der Waals surface area contributed by atoms with Crippen molar-refractivity contribution < 1.29 is 13.2 Å². The number of halogens is 3. The van der Waals surface area contributed by atoms with Crippen LogP contribution in [-0.4, -0.2) is 34.3 Å². The standard InChI is InChI=1S/C11H17F3N4S/c1-3-4-16-10-17-8(2)7-9(18-10)15-5-6-19-11(12,13)14/h7H,3-6H2,1-2H3,(H2,15,16,17,18). The third-order valence-corrected chi connectivity index (χ3v) is 2.80. The van der Waals surface area contributed by atoms with Gasteiger partial charge in [-0.2, -0.15) is 18.2 Å². The Balaban J connectivity index is 2.46. The zero-order chi connectivity index (χ0) is 14.3. The number of rotatable bonds is 7. The summed E-state index contributed by atoms with van der Waals surface area (Å²) >= 11 is -0.0464. The van der Waals surface area contributed by atoms with Crippen molar-refractivity contribution in [3.63, 3.8) is 0 Å². The number of hydrogen-bond acceptors (Lipinski definition) is 5. The van der Waals surface area contributed by atoms with Gasteiger partial charge in [-0.05, 0) is 25.1 Å². The molecule has 1 rings (SSSR count). The van der Waals surface area contributed by atoms with Crippen molar-refractivity contribution in [1.29, 1.82) is 0 Å². The molecule has 108 valence electrons. The van der Waals surface area contributed by atoms with Gasteiger partial charge in [0.05, 0.1) is 0 Å². The van der Waals surface area contributed by atoms with Crippen LogP contribution in [0.4, 0.5) is 24.9 Å². The largest absolute Gasteiger partial charge is 0.441 e. The zero-order valence-corrected chi connectivity index (χ0v) is 11.7. The molecule has 0 saturated heterocycles. The maximum atomic E-state index is 11.9. The van der Waals surface area contributed by atoms with E-state index < -0.39 is 5.51 Å². The second-order valence-corrected chi connectivity index (χ2v) is 5.03. The molecule has 0 amide bonds. The van der Waals surface area contributed by atoms with E-state index in [4.69, 9.17) is 0 Å². The van der Waals surface area contributed by atoms with E-state index in [1.54, 1.807) is 6.07 Å². The van der Waals surface area contributed by atoms with Crippen LogP contribution in [0.2, 0.25) is 0 Å². The molecule has 0 radical (unpaired) electrons. The van der Waals surface area contributed by atoms with Crippen LogP contribution < -0.4 is 10.6 Å². The lowest BCUT2D eigenvalue weighted by Crippen LogP contribution is -2.12. The Morgan fingerprint density at radius 3 is 2.58 bits per heavy atom. The first kappa shape index (κ1) is 15.9. The highest BCUT2D eigenvalue weighted by Crippen LogP contribution is 2.29. The predicted molar refractivity (Wildman–Crippen MR) is 72.6 cm³/mol. The van der Waals surface area contributed by atoms with Crippen molar-refractivity contribution in [3.8, 4) is 0 Å². The Hall–Kier alpha value is -1.18. The van der Waals surface area contributed by atoms with Crippen LogP contribution in [-0.2, 0) is 0 Å². The summed E-state index contributed by atoms with van der Waals surface area (Å²) in [5.41, 5.74) is -3.42. The Kier molecular flexibility index (Phi) is 6.20. The molecule has 0 aliphatic heterocycles. The number of thioether (sulfide) groups is 1. The SMILES string of the molecule is CCCNc1nc(C)cc(NCCSC(F)(F)F)n1. The minimum Gasteiger partial charge on any atom is -0.369 e. The summed E-state index contributed by atoms with van der Waals surface area (Å²) in [6.07, 6.45) is 0.947. The van der Waals surface area contributed by atoms with Crippen LogP contribution >= 0.6 is 11.8 Å². The van der Waals surface area contributed by atoms with Gasteiger partial charge < -0.3 is 10.6 Å². The average molecular weight is 294 g/mol. The second kappa shape index (κ2) is 7.42. The first-order valence-electron chi connectivity index (χ1n) is 5.95. The van der Waals surface area contributed by atoms with E-state index in [0.29, 0.717) is 11.8 Å². The summed E-state index contributed by atoms with van der Waals surface area (Å²) < 4.78 is 35.8. The minimum absolute atomic E-state index is 0.0464. The Labute approximate surface area is 114 Å². The molecular formula is C11H17F3N4S. The van der Waals surface area contributed by atoms with E-state index in [0.717, 1.165) is 18.7 Å². The molecule has 0 bridgehead atoms. The molecule has 4 nitrogen and oxygen atoms in total. The Morgan fingerprint density at radius 1 is 1.21 bits per heavy atom. The van der Waals surface area contributed by atoms with Crippen molar-refractivity contribution in [2.24, 2.45) is 0 Å². The van der Waals surface area contributed by atoms with Crippen molar-refractivity contribution >= 4 is 23.5 Å². The number of aromatic nitrogens is 2. The monoisotopic (exact) mass is 294 g/mol. The quantitative estimate of drug-likeness (QED) is 0.756. The molecule has 0 saturated carbocycles. The summed E-state index contributed by atoms with van der Waals surface area (Å²) in [5.74, 6) is 0.978. The number of alkyl halides is 3. The molecule has 0 aliphatic rings. The topological polar surface area (TPSA) is 49.8 Å². The Morgan fingerprint density at radius 2 is 1.95 bits per heavy atom. The van der Waals surface area contributed by atoms with Gasteiger partial charge >= 0.3 is 5.51 Å². The molecule has 0 unspecified atom stereocenters. The maximum Gasteiger partial charge on any atom is 0.441 e. The highest BCUT2D eigenvalue weighted by molar-refractivity contribution is 8.00. The predicted octanol–water partition coefficient (Wildman–Crippen LogP) is 3.27. The summed E-state index contributed by atoms with van der Waals surface area (Å²) in [6.45, 7) is 4.80. The summed E-state index contributed by atoms with van der Waals surface area (Å²) in [5, 5.41) is 5.91. The van der Waals surface area contributed by atoms with Crippen LogP contribution in [0.5, 0.6) is 0 Å². The Bertz CT molecular complexity index is 398. The van der Waals surface area contributed by atoms with E-state index in [1.807, 2.05) is 13.8 Å². The molecule has 0 fully saturated rings. The van der Waals surface area contributed by atoms with Gasteiger partial charge in [-0.3, -0.25) is 0 Å². The summed E-state index contributed by atoms with van der Waals surface area (Å²) in [4.78, 5) is 8.37. The van der Waals surface area contributed by atoms with Gasteiger partial charge in [-0.1, -0.05) is 6.92 Å². The third-order valence-electron chi connectivity index (χ3n) is 2.06. The van der Waals surface area contributed by atoms with Crippen molar-refractivity contribution in [2.45, 2.75) is 25.8 Å². The highest BCUT2D eigenvalue weighted by atomic mass is 32.2. The van der Waals surface area contributed by atoms with Gasteiger partial charge in [0.2, 0.25) is 5.95 Å². The first-order chi connectivity index (χ1) is 8.90. The van der Waals surface area contributed by atoms with Crippen molar-refractivity contribution in [3.05, 3.63) is 11.8 Å².